The lowest BCUT2D eigenvalue weighted by molar-refractivity contribution is 0.134. The lowest BCUT2D eigenvalue weighted by Crippen LogP contribution is -2.25. The molecule has 2 fully saturated rings. The van der Waals surface area contributed by atoms with Crippen molar-refractivity contribution in [3.05, 3.63) is 22.7 Å². The maximum atomic E-state index is 11.6. The first kappa shape index (κ1) is 13.4. The van der Waals surface area contributed by atoms with Gasteiger partial charge in [0.2, 0.25) is 10.0 Å². The van der Waals surface area contributed by atoms with Crippen molar-refractivity contribution in [3.63, 3.8) is 0 Å². The van der Waals surface area contributed by atoms with Crippen molar-refractivity contribution in [2.24, 2.45) is 17.0 Å². The van der Waals surface area contributed by atoms with Gasteiger partial charge in [0.15, 0.2) is 0 Å². The summed E-state index contributed by atoms with van der Waals surface area (Å²) in [7, 11) is -3.77. The maximum absolute atomic E-state index is 11.6. The van der Waals surface area contributed by atoms with Gasteiger partial charge in [-0.3, -0.25) is 0 Å². The molecule has 3 atom stereocenters. The molecule has 3 rings (SSSR count). The van der Waals surface area contributed by atoms with E-state index in [4.69, 9.17) is 9.88 Å². The van der Waals surface area contributed by atoms with E-state index < -0.39 is 10.0 Å². The van der Waals surface area contributed by atoms with Gasteiger partial charge in [-0.2, -0.15) is 0 Å². The summed E-state index contributed by atoms with van der Waals surface area (Å²) in [6.07, 6.45) is 4.86. The van der Waals surface area contributed by atoms with Gasteiger partial charge < -0.3 is 4.74 Å². The second-order valence-corrected chi connectivity index (χ2v) is 7.91. The lowest BCUT2D eigenvalue weighted by atomic mass is 9.98. The van der Waals surface area contributed by atoms with Crippen molar-refractivity contribution in [1.29, 1.82) is 0 Å². The van der Waals surface area contributed by atoms with Crippen LogP contribution in [0.3, 0.4) is 0 Å². The number of rotatable bonds is 3. The summed E-state index contributed by atoms with van der Waals surface area (Å²) in [5.74, 6) is 1.70. The monoisotopic (exact) mass is 345 g/mol. The van der Waals surface area contributed by atoms with E-state index in [9.17, 15) is 8.42 Å². The number of sulfonamides is 1. The van der Waals surface area contributed by atoms with E-state index in [1.807, 2.05) is 0 Å². The first-order chi connectivity index (χ1) is 8.93. The molecule has 0 radical (unpaired) electrons. The Bertz CT molecular complexity index is 602. The van der Waals surface area contributed by atoms with Gasteiger partial charge in [-0.15, -0.1) is 0 Å². The van der Waals surface area contributed by atoms with Crippen LogP contribution in [0.2, 0.25) is 0 Å². The number of fused-ring (bicyclic) bond motifs is 2. The Morgan fingerprint density at radius 3 is 2.63 bits per heavy atom. The van der Waals surface area contributed by atoms with E-state index in [2.05, 4.69) is 15.9 Å². The SMILES string of the molecule is NS(=O)(=O)c1cc(Br)ccc1OC1CC2CCC1C2. The van der Waals surface area contributed by atoms with Gasteiger partial charge in [-0.05, 0) is 55.7 Å². The molecule has 1 aromatic rings. The van der Waals surface area contributed by atoms with Gasteiger partial charge in [0, 0.05) is 4.47 Å². The van der Waals surface area contributed by atoms with Crippen LogP contribution in [0.4, 0.5) is 0 Å². The molecular formula is C13H16BrNO3S. The van der Waals surface area contributed by atoms with E-state index >= 15 is 0 Å². The summed E-state index contributed by atoms with van der Waals surface area (Å²) in [6.45, 7) is 0. The first-order valence-corrected chi connectivity index (χ1v) is 8.76. The van der Waals surface area contributed by atoms with Crippen LogP contribution in [0.5, 0.6) is 5.75 Å². The zero-order valence-corrected chi connectivity index (χ0v) is 12.8. The molecule has 1 aromatic carbocycles. The molecule has 19 heavy (non-hydrogen) atoms. The van der Waals surface area contributed by atoms with Crippen LogP contribution in [0.15, 0.2) is 27.6 Å². The molecule has 0 heterocycles. The molecule has 0 saturated heterocycles. The van der Waals surface area contributed by atoms with Crippen LogP contribution in [0, 0.1) is 11.8 Å². The third kappa shape index (κ3) is 2.66. The molecule has 2 saturated carbocycles. The third-order valence-corrected chi connectivity index (χ3v) is 5.59. The Balaban J connectivity index is 1.89. The zero-order valence-electron chi connectivity index (χ0n) is 10.4. The molecule has 0 aliphatic heterocycles. The van der Waals surface area contributed by atoms with Crippen LogP contribution in [0.25, 0.3) is 0 Å². The fourth-order valence-corrected chi connectivity index (χ4v) is 4.50. The summed E-state index contributed by atoms with van der Waals surface area (Å²) < 4.78 is 29.9. The van der Waals surface area contributed by atoms with E-state index in [1.165, 1.54) is 25.3 Å². The molecular weight excluding hydrogens is 330 g/mol. The highest BCUT2D eigenvalue weighted by Gasteiger charge is 2.41. The van der Waals surface area contributed by atoms with Crippen LogP contribution in [-0.4, -0.2) is 14.5 Å². The van der Waals surface area contributed by atoms with Crippen LogP contribution < -0.4 is 9.88 Å². The molecule has 2 aliphatic carbocycles. The number of hydrogen-bond acceptors (Lipinski definition) is 3. The summed E-state index contributed by atoms with van der Waals surface area (Å²) in [6, 6.07) is 4.95. The molecule has 2 aliphatic rings. The Hall–Kier alpha value is -0.590. The fraction of sp³-hybridized carbons (Fsp3) is 0.538. The van der Waals surface area contributed by atoms with E-state index in [0.717, 1.165) is 12.3 Å². The fourth-order valence-electron chi connectivity index (χ4n) is 3.30. The molecule has 104 valence electrons. The van der Waals surface area contributed by atoms with Crippen molar-refractivity contribution >= 4 is 26.0 Å². The summed E-state index contributed by atoms with van der Waals surface area (Å²) in [5.41, 5.74) is 0. The topological polar surface area (TPSA) is 69.4 Å². The standard InChI is InChI=1S/C13H16BrNO3S/c14-10-3-4-11(13(7-10)19(15,16)17)18-12-6-8-1-2-9(12)5-8/h3-4,7-9,12H,1-2,5-6H2,(H2,15,16,17). The molecule has 0 spiro atoms. The maximum Gasteiger partial charge on any atom is 0.241 e. The van der Waals surface area contributed by atoms with Crippen LogP contribution in [0.1, 0.15) is 25.7 Å². The Morgan fingerprint density at radius 1 is 1.26 bits per heavy atom. The van der Waals surface area contributed by atoms with Gasteiger partial charge in [-0.1, -0.05) is 15.9 Å². The normalized spacial score (nSPS) is 29.7. The zero-order chi connectivity index (χ0) is 13.6. The molecule has 0 aromatic heterocycles. The lowest BCUT2D eigenvalue weighted by Gasteiger charge is -2.24. The van der Waals surface area contributed by atoms with Crippen molar-refractivity contribution in [3.8, 4) is 5.75 Å². The average molecular weight is 346 g/mol. The quantitative estimate of drug-likeness (QED) is 0.915. The smallest absolute Gasteiger partial charge is 0.241 e. The Kier molecular flexibility index (Phi) is 3.35. The highest BCUT2D eigenvalue weighted by Crippen LogP contribution is 2.46. The molecule has 2 N–H and O–H groups in total. The van der Waals surface area contributed by atoms with Crippen molar-refractivity contribution < 1.29 is 13.2 Å². The van der Waals surface area contributed by atoms with E-state index in [1.54, 1.807) is 12.1 Å². The van der Waals surface area contributed by atoms with Gasteiger partial charge >= 0.3 is 0 Å². The summed E-state index contributed by atoms with van der Waals surface area (Å²) in [5, 5.41) is 5.25. The second-order valence-electron chi connectivity index (χ2n) is 5.47. The first-order valence-electron chi connectivity index (χ1n) is 6.42. The average Bonchev–Trinajstić information content (AvgIpc) is 2.92. The number of halogens is 1. The molecule has 6 heteroatoms. The predicted molar refractivity (Wildman–Crippen MR) is 75.4 cm³/mol. The van der Waals surface area contributed by atoms with Gasteiger partial charge in [0.1, 0.15) is 16.7 Å². The van der Waals surface area contributed by atoms with Crippen molar-refractivity contribution in [2.75, 3.05) is 0 Å². The van der Waals surface area contributed by atoms with E-state index in [-0.39, 0.29) is 11.0 Å². The van der Waals surface area contributed by atoms with Crippen molar-refractivity contribution in [2.45, 2.75) is 36.7 Å². The number of benzene rings is 1. The molecule has 4 nitrogen and oxygen atoms in total. The second kappa shape index (κ2) is 4.75. The minimum atomic E-state index is -3.77. The third-order valence-electron chi connectivity index (χ3n) is 4.16. The van der Waals surface area contributed by atoms with Crippen LogP contribution >= 0.6 is 15.9 Å². The number of hydrogen-bond donors (Lipinski definition) is 1. The number of primary sulfonamides is 1. The minimum absolute atomic E-state index is 0.0599. The minimum Gasteiger partial charge on any atom is -0.489 e. The number of ether oxygens (including phenoxy) is 1. The molecule has 3 unspecified atom stereocenters. The Labute approximate surface area is 121 Å². The van der Waals surface area contributed by atoms with Gasteiger partial charge in [0.25, 0.3) is 0 Å². The molecule has 0 amide bonds. The molecule has 2 bridgehead atoms. The highest BCUT2D eigenvalue weighted by atomic mass is 79.9. The van der Waals surface area contributed by atoms with Gasteiger partial charge in [0.05, 0.1) is 0 Å². The Morgan fingerprint density at radius 2 is 2.05 bits per heavy atom. The number of nitrogens with two attached hydrogens (primary N) is 1. The highest BCUT2D eigenvalue weighted by molar-refractivity contribution is 9.10. The van der Waals surface area contributed by atoms with E-state index in [0.29, 0.717) is 16.1 Å². The largest absolute Gasteiger partial charge is 0.489 e. The predicted octanol–water partition coefficient (Wildman–Crippen LogP) is 2.66. The van der Waals surface area contributed by atoms with Crippen molar-refractivity contribution in [1.82, 2.24) is 0 Å². The van der Waals surface area contributed by atoms with Gasteiger partial charge in [-0.25, -0.2) is 13.6 Å². The summed E-state index contributed by atoms with van der Waals surface area (Å²) >= 11 is 3.26. The summed E-state index contributed by atoms with van der Waals surface area (Å²) in [4.78, 5) is 0.0599. The van der Waals surface area contributed by atoms with Crippen LogP contribution in [-0.2, 0) is 10.0 Å².